The Bertz CT molecular complexity index is 733. The lowest BCUT2D eigenvalue weighted by atomic mass is 10.1. The van der Waals surface area contributed by atoms with E-state index in [0.29, 0.717) is 11.8 Å². The van der Waals surface area contributed by atoms with Crippen molar-refractivity contribution in [2.24, 2.45) is 4.99 Å². The zero-order chi connectivity index (χ0) is 18.9. The number of nitrogens with zero attached hydrogens (tertiary/aromatic N) is 3. The molecule has 1 aromatic heterocycles. The summed E-state index contributed by atoms with van der Waals surface area (Å²) in [5.41, 5.74) is 2.56. The Kier molecular flexibility index (Phi) is 10.8. The summed E-state index contributed by atoms with van der Waals surface area (Å²) in [4.78, 5) is 9.98. The Morgan fingerprint density at radius 1 is 1.30 bits per heavy atom. The monoisotopic (exact) mass is 503 g/mol. The molecule has 2 N–H and O–H groups in total. The van der Waals surface area contributed by atoms with E-state index in [2.05, 4.69) is 71.0 Å². The molecule has 0 aliphatic heterocycles. The van der Waals surface area contributed by atoms with Gasteiger partial charge in [0.1, 0.15) is 0 Å². The third-order valence-electron chi connectivity index (χ3n) is 3.97. The molecule has 0 aliphatic carbocycles. The van der Waals surface area contributed by atoms with Crippen molar-refractivity contribution >= 4 is 41.7 Å². The number of thioether (sulfide) groups is 1. The summed E-state index contributed by atoms with van der Waals surface area (Å²) in [6.45, 7) is 7.77. The van der Waals surface area contributed by atoms with Crippen molar-refractivity contribution in [2.75, 3.05) is 19.8 Å². The van der Waals surface area contributed by atoms with Crippen LogP contribution >= 0.6 is 35.7 Å². The summed E-state index contributed by atoms with van der Waals surface area (Å²) < 4.78 is 5.26. The van der Waals surface area contributed by atoms with Crippen LogP contribution in [0.4, 0.5) is 0 Å². The third kappa shape index (κ3) is 7.69. The van der Waals surface area contributed by atoms with E-state index in [1.54, 1.807) is 18.8 Å². The van der Waals surface area contributed by atoms with Gasteiger partial charge in [-0.1, -0.05) is 31.1 Å². The maximum atomic E-state index is 5.26. The first-order chi connectivity index (χ1) is 12.5. The van der Waals surface area contributed by atoms with Crippen molar-refractivity contribution in [1.29, 1.82) is 0 Å². The maximum Gasteiger partial charge on any atom is 0.226 e. The van der Waals surface area contributed by atoms with Gasteiger partial charge >= 0.3 is 0 Å². The molecule has 6 nitrogen and oxygen atoms in total. The van der Waals surface area contributed by atoms with E-state index in [1.807, 2.05) is 0 Å². The van der Waals surface area contributed by atoms with E-state index < -0.39 is 0 Å². The number of rotatable bonds is 8. The van der Waals surface area contributed by atoms with Crippen molar-refractivity contribution in [3.8, 4) is 0 Å². The molecule has 27 heavy (non-hydrogen) atoms. The van der Waals surface area contributed by atoms with Crippen molar-refractivity contribution in [1.82, 2.24) is 20.8 Å². The molecular weight excluding hydrogens is 473 g/mol. The van der Waals surface area contributed by atoms with Crippen molar-refractivity contribution in [3.05, 3.63) is 41.0 Å². The average Bonchev–Trinajstić information content (AvgIpc) is 3.11. The van der Waals surface area contributed by atoms with Gasteiger partial charge in [-0.05, 0) is 36.8 Å². The molecule has 0 unspecified atom stereocenters. The van der Waals surface area contributed by atoms with Gasteiger partial charge in [-0.3, -0.25) is 4.99 Å². The predicted octanol–water partition coefficient (Wildman–Crippen LogP) is 4.14. The molecule has 0 fully saturated rings. The number of aliphatic imine (C=N–C) groups is 1. The molecule has 0 saturated heterocycles. The van der Waals surface area contributed by atoms with Gasteiger partial charge in [0, 0.05) is 37.4 Å². The maximum absolute atomic E-state index is 5.26. The molecule has 0 bridgehead atoms. The molecule has 0 amide bonds. The number of hydrogen-bond donors (Lipinski definition) is 2. The van der Waals surface area contributed by atoms with Gasteiger partial charge in [0.15, 0.2) is 11.8 Å². The topological polar surface area (TPSA) is 75.3 Å². The van der Waals surface area contributed by atoms with Crippen LogP contribution in [-0.4, -0.2) is 35.9 Å². The molecule has 1 heterocycles. The number of aromatic nitrogens is 2. The smallest absolute Gasteiger partial charge is 0.226 e. The Balaban J connectivity index is 0.00000364. The first kappa shape index (κ1) is 23.7. The van der Waals surface area contributed by atoms with Crippen LogP contribution in [0.2, 0.25) is 0 Å². The number of hydrogen-bond acceptors (Lipinski definition) is 5. The summed E-state index contributed by atoms with van der Waals surface area (Å²) in [6.07, 6.45) is 3.77. The second-order valence-corrected chi connectivity index (χ2v) is 7.32. The summed E-state index contributed by atoms with van der Waals surface area (Å²) in [5.74, 6) is 2.56. The van der Waals surface area contributed by atoms with Crippen LogP contribution in [0.25, 0.3) is 0 Å². The molecule has 0 spiro atoms. The average molecular weight is 503 g/mol. The Morgan fingerprint density at radius 3 is 2.70 bits per heavy atom. The molecular formula is C19H30IN5OS. The molecule has 0 atom stereocenters. The highest BCUT2D eigenvalue weighted by Crippen LogP contribution is 2.21. The number of benzene rings is 1. The first-order valence-electron chi connectivity index (χ1n) is 8.94. The Labute approximate surface area is 183 Å². The van der Waals surface area contributed by atoms with Gasteiger partial charge in [0.25, 0.3) is 0 Å². The second-order valence-electron chi connectivity index (χ2n) is 6.47. The zero-order valence-electron chi connectivity index (χ0n) is 16.7. The lowest BCUT2D eigenvalue weighted by Crippen LogP contribution is -2.37. The highest BCUT2D eigenvalue weighted by atomic mass is 127. The quantitative estimate of drug-likeness (QED) is 0.186. The number of nitrogens with one attached hydrogen (secondary N) is 2. The fraction of sp³-hybridized carbons (Fsp3) is 0.526. The minimum Gasteiger partial charge on any atom is -0.356 e. The predicted molar refractivity (Wildman–Crippen MR) is 123 cm³/mol. The van der Waals surface area contributed by atoms with Crippen LogP contribution in [-0.2, 0) is 13.0 Å². The van der Waals surface area contributed by atoms with E-state index >= 15 is 0 Å². The molecule has 150 valence electrons. The van der Waals surface area contributed by atoms with Crippen molar-refractivity contribution < 1.29 is 4.52 Å². The summed E-state index contributed by atoms with van der Waals surface area (Å²) in [6, 6.07) is 6.53. The minimum atomic E-state index is 0. The van der Waals surface area contributed by atoms with E-state index in [1.165, 1.54) is 16.0 Å². The van der Waals surface area contributed by atoms with Crippen LogP contribution in [0.3, 0.4) is 0 Å². The molecule has 0 saturated carbocycles. The van der Waals surface area contributed by atoms with Gasteiger partial charge in [0.05, 0.1) is 0 Å². The number of halogens is 1. The number of guanidine groups is 1. The molecule has 0 radical (unpaired) electrons. The van der Waals surface area contributed by atoms with E-state index in [4.69, 9.17) is 4.52 Å². The molecule has 2 rings (SSSR count). The zero-order valence-corrected chi connectivity index (χ0v) is 19.9. The van der Waals surface area contributed by atoms with E-state index in [0.717, 1.165) is 37.7 Å². The third-order valence-corrected chi connectivity index (χ3v) is 4.79. The van der Waals surface area contributed by atoms with E-state index in [-0.39, 0.29) is 24.0 Å². The Morgan fingerprint density at radius 2 is 2.07 bits per heavy atom. The van der Waals surface area contributed by atoms with Gasteiger partial charge in [-0.25, -0.2) is 0 Å². The van der Waals surface area contributed by atoms with Crippen molar-refractivity contribution in [2.45, 2.75) is 51.0 Å². The fourth-order valence-electron chi connectivity index (χ4n) is 2.45. The second kappa shape index (κ2) is 12.2. The molecule has 2 aromatic rings. The van der Waals surface area contributed by atoms with E-state index in [9.17, 15) is 0 Å². The van der Waals surface area contributed by atoms with Gasteiger partial charge in [0.2, 0.25) is 5.89 Å². The normalized spacial score (nSPS) is 11.4. The lowest BCUT2D eigenvalue weighted by molar-refractivity contribution is 0.368. The molecule has 0 aliphatic rings. The van der Waals surface area contributed by atoms with Gasteiger partial charge in [-0.15, -0.1) is 35.7 Å². The highest BCUT2D eigenvalue weighted by molar-refractivity contribution is 14.0. The molecule has 1 aromatic carbocycles. The van der Waals surface area contributed by atoms with Crippen LogP contribution in [0, 0.1) is 6.92 Å². The SMILES string of the molecule is CN=C(NCCCc1nc(C(C)C)no1)NCc1ccc(C)cc1SC.I. The molecule has 8 heteroatoms. The largest absolute Gasteiger partial charge is 0.356 e. The Hall–Kier alpha value is -1.29. The fourth-order valence-corrected chi connectivity index (χ4v) is 3.15. The van der Waals surface area contributed by atoms with Crippen LogP contribution < -0.4 is 10.6 Å². The van der Waals surface area contributed by atoms with Gasteiger partial charge < -0.3 is 15.2 Å². The van der Waals surface area contributed by atoms with Gasteiger partial charge in [-0.2, -0.15) is 4.98 Å². The lowest BCUT2D eigenvalue weighted by Gasteiger charge is -2.13. The number of aryl methyl sites for hydroxylation is 2. The summed E-state index contributed by atoms with van der Waals surface area (Å²) in [7, 11) is 1.78. The van der Waals surface area contributed by atoms with Crippen molar-refractivity contribution in [3.63, 3.8) is 0 Å². The van der Waals surface area contributed by atoms with Crippen LogP contribution in [0.5, 0.6) is 0 Å². The highest BCUT2D eigenvalue weighted by Gasteiger charge is 2.09. The summed E-state index contributed by atoms with van der Waals surface area (Å²) in [5, 5.41) is 10.7. The first-order valence-corrected chi connectivity index (χ1v) is 10.2. The van der Waals surface area contributed by atoms with Crippen LogP contribution in [0.15, 0.2) is 32.6 Å². The summed E-state index contributed by atoms with van der Waals surface area (Å²) >= 11 is 1.77. The van der Waals surface area contributed by atoms with Crippen LogP contribution in [0.1, 0.15) is 49.0 Å². The standard InChI is InChI=1S/C19H29N5OS.HI/c1-13(2)18-23-17(25-24-18)7-6-10-21-19(20-4)22-12-15-9-8-14(3)11-16(15)26-5;/h8-9,11,13H,6-7,10,12H2,1-5H3,(H2,20,21,22);1H. The minimum absolute atomic E-state index is 0.